The van der Waals surface area contributed by atoms with Gasteiger partial charge in [0.15, 0.2) is 0 Å². The summed E-state index contributed by atoms with van der Waals surface area (Å²) in [4.78, 5) is 46.6. The van der Waals surface area contributed by atoms with Crippen LogP contribution in [0.2, 0.25) is 0 Å². The van der Waals surface area contributed by atoms with Crippen LogP contribution in [0.4, 0.5) is 10.5 Å². The molecule has 0 fully saturated rings. The van der Waals surface area contributed by atoms with E-state index in [9.17, 15) is 19.2 Å². The maximum Gasteiger partial charge on any atom is 0.243 e. The van der Waals surface area contributed by atoms with Gasteiger partial charge in [0.1, 0.15) is 12.6 Å². The Balaban J connectivity index is 2.50. The van der Waals surface area contributed by atoms with Crippen LogP contribution in [0.1, 0.15) is 19.4 Å². The van der Waals surface area contributed by atoms with Crippen LogP contribution in [0.5, 0.6) is 0 Å². The highest BCUT2D eigenvalue weighted by molar-refractivity contribution is 6.55. The molecule has 28 heavy (non-hydrogen) atoms. The molecule has 1 rings (SSSR count). The summed E-state index contributed by atoms with van der Waals surface area (Å²) < 4.78 is 4.67. The third-order valence-corrected chi connectivity index (χ3v) is 3.64. The molecule has 1 aromatic carbocycles. The van der Waals surface area contributed by atoms with Gasteiger partial charge in [-0.15, -0.1) is 0 Å². The molecule has 1 atom stereocenters. The van der Waals surface area contributed by atoms with Crippen LogP contribution in [-0.4, -0.2) is 57.6 Å². The number of anilines is 1. The van der Waals surface area contributed by atoms with Gasteiger partial charge in [0.2, 0.25) is 31.4 Å². The first-order valence-electron chi connectivity index (χ1n) is 8.75. The first-order valence-corrected chi connectivity index (χ1v) is 8.75. The topological polar surface area (TPSA) is 126 Å². The van der Waals surface area contributed by atoms with Gasteiger partial charge < -0.3 is 26.0 Å². The summed E-state index contributed by atoms with van der Waals surface area (Å²) in [6, 6.07) is 5.87. The Morgan fingerprint density at radius 2 is 1.68 bits per heavy atom. The number of carbonyl (C=O) groups is 4. The lowest BCUT2D eigenvalue weighted by Crippen LogP contribution is -2.52. The van der Waals surface area contributed by atoms with Crippen LogP contribution < -0.4 is 21.3 Å². The van der Waals surface area contributed by atoms with Crippen LogP contribution in [-0.2, 0) is 25.7 Å². The van der Waals surface area contributed by atoms with Crippen LogP contribution in [0.25, 0.3) is 0 Å². The Morgan fingerprint density at radius 3 is 2.21 bits per heavy atom. The Kier molecular flexibility index (Phi) is 9.73. The first kappa shape index (κ1) is 23.2. The van der Waals surface area contributed by atoms with Gasteiger partial charge in [-0.05, 0) is 30.7 Å². The number of ether oxygens (including phenoxy) is 1. The van der Waals surface area contributed by atoms with Crippen LogP contribution in [0.3, 0.4) is 0 Å². The van der Waals surface area contributed by atoms with Crippen molar-refractivity contribution in [1.82, 2.24) is 16.0 Å². The maximum absolute atomic E-state index is 12.3. The predicted octanol–water partition coefficient (Wildman–Crippen LogP) is -0.0934. The lowest BCUT2D eigenvalue weighted by atomic mass is 10.0. The molecule has 4 N–H and O–H groups in total. The summed E-state index contributed by atoms with van der Waals surface area (Å²) in [6.07, 6.45) is 0. The highest BCUT2D eigenvalue weighted by Gasteiger charge is 2.24. The van der Waals surface area contributed by atoms with Gasteiger partial charge in [-0.3, -0.25) is 19.2 Å². The molecular formula is C18H25BN4O5. The van der Waals surface area contributed by atoms with Crippen molar-refractivity contribution in [2.75, 3.05) is 25.5 Å². The number of amides is 3. The fourth-order valence-electron chi connectivity index (χ4n) is 2.24. The molecule has 0 aliphatic carbocycles. The number of nitrogens with one attached hydrogen (secondary N) is 4. The van der Waals surface area contributed by atoms with E-state index in [1.165, 1.54) is 0 Å². The number of benzene rings is 1. The zero-order valence-corrected chi connectivity index (χ0v) is 16.2. The van der Waals surface area contributed by atoms with Crippen LogP contribution in [0, 0.1) is 5.92 Å². The van der Waals surface area contributed by atoms with E-state index in [0.717, 1.165) is 0 Å². The molecule has 0 aromatic heterocycles. The van der Waals surface area contributed by atoms with E-state index in [2.05, 4.69) is 26.0 Å². The third-order valence-electron chi connectivity index (χ3n) is 3.64. The summed E-state index contributed by atoms with van der Waals surface area (Å²) in [7, 11) is 6.53. The van der Waals surface area contributed by atoms with E-state index in [1.54, 1.807) is 45.2 Å². The summed E-state index contributed by atoms with van der Waals surface area (Å²) in [6.45, 7) is 3.49. The molecule has 2 radical (unpaired) electrons. The molecule has 10 heteroatoms. The van der Waals surface area contributed by atoms with E-state index < -0.39 is 23.7 Å². The smallest absolute Gasteiger partial charge is 0.243 e. The van der Waals surface area contributed by atoms with Crippen molar-refractivity contribution in [2.24, 2.45) is 5.92 Å². The second kappa shape index (κ2) is 11.8. The fraction of sp³-hybridized carbons (Fsp3) is 0.444. The van der Waals surface area contributed by atoms with Gasteiger partial charge in [0.05, 0.1) is 13.1 Å². The van der Waals surface area contributed by atoms with E-state index >= 15 is 0 Å². The molecule has 9 nitrogen and oxygen atoms in total. The maximum atomic E-state index is 12.3. The minimum atomic E-state index is -0.866. The molecule has 0 saturated carbocycles. The van der Waals surface area contributed by atoms with Crippen LogP contribution >= 0.6 is 0 Å². The average molecular weight is 388 g/mol. The largest absolute Gasteiger partial charge is 0.470 e. The van der Waals surface area contributed by atoms with Gasteiger partial charge in [0, 0.05) is 5.69 Å². The van der Waals surface area contributed by atoms with Crippen molar-refractivity contribution in [3.8, 4) is 0 Å². The lowest BCUT2D eigenvalue weighted by molar-refractivity contribution is -0.130. The molecule has 3 amide bonds. The van der Waals surface area contributed by atoms with Crippen molar-refractivity contribution in [3.63, 3.8) is 0 Å². The highest BCUT2D eigenvalue weighted by atomic mass is 16.5. The van der Waals surface area contributed by atoms with Gasteiger partial charge in [-0.2, -0.15) is 0 Å². The summed E-state index contributed by atoms with van der Waals surface area (Å²) >= 11 is 0. The van der Waals surface area contributed by atoms with Crippen LogP contribution in [0.15, 0.2) is 24.3 Å². The Labute approximate surface area is 165 Å². The zero-order valence-electron chi connectivity index (χ0n) is 16.2. The molecule has 0 saturated heterocycles. The quantitative estimate of drug-likeness (QED) is 0.415. The predicted molar refractivity (Wildman–Crippen MR) is 105 cm³/mol. The van der Waals surface area contributed by atoms with Crippen molar-refractivity contribution in [2.45, 2.75) is 26.5 Å². The Morgan fingerprint density at radius 1 is 1.04 bits per heavy atom. The van der Waals surface area contributed by atoms with Gasteiger partial charge in [-0.25, -0.2) is 0 Å². The number of hydrogen-bond donors (Lipinski definition) is 4. The zero-order chi connectivity index (χ0) is 21.1. The van der Waals surface area contributed by atoms with Gasteiger partial charge in [0.25, 0.3) is 0 Å². The monoisotopic (exact) mass is 388 g/mol. The molecule has 1 aromatic rings. The van der Waals surface area contributed by atoms with E-state index in [1.807, 2.05) is 0 Å². The number of hydrogen-bond acceptors (Lipinski definition) is 6. The Bertz CT molecular complexity index is 694. The molecule has 0 aliphatic heterocycles. The minimum Gasteiger partial charge on any atom is -0.470 e. The molecule has 0 heterocycles. The molecular weight excluding hydrogens is 363 g/mol. The normalized spacial score (nSPS) is 11.4. The number of rotatable bonds is 10. The van der Waals surface area contributed by atoms with E-state index in [0.29, 0.717) is 11.3 Å². The fourth-order valence-corrected chi connectivity index (χ4v) is 2.24. The summed E-state index contributed by atoms with van der Waals surface area (Å²) in [5.41, 5.74) is 1.23. The Hall–Kier alpha value is -2.88. The average Bonchev–Trinajstić information content (AvgIpc) is 2.63. The molecule has 0 aliphatic rings. The third kappa shape index (κ3) is 8.67. The van der Waals surface area contributed by atoms with Crippen molar-refractivity contribution in [3.05, 3.63) is 29.8 Å². The van der Waals surface area contributed by atoms with E-state index in [-0.39, 0.29) is 31.5 Å². The lowest BCUT2D eigenvalue weighted by Gasteiger charge is -2.21. The number of likely N-dealkylation sites (N-methyl/N-ethyl adjacent to an activating group) is 1. The molecule has 1 unspecified atom stereocenters. The van der Waals surface area contributed by atoms with Gasteiger partial charge >= 0.3 is 0 Å². The van der Waals surface area contributed by atoms with Crippen molar-refractivity contribution < 1.29 is 23.9 Å². The standard InChI is InChI=1S/C18H25BN4O5/c1-11(2)16(23-14(24)8-20-3)17(26)21-9-15(25)22-13-6-4-12(5-7-13)10-28-18(19)27/h4-7,11,16,20H,8-10H2,1-3H3,(H,21,26)(H,22,25)(H,23,24). The minimum absolute atomic E-state index is 0.0372. The first-order chi connectivity index (χ1) is 13.2. The van der Waals surface area contributed by atoms with Gasteiger partial charge in [-0.1, -0.05) is 26.0 Å². The SMILES string of the molecule is [B]C(=O)OCc1ccc(NC(=O)CNC(=O)C(NC(=O)CNC)C(C)C)cc1. The van der Waals surface area contributed by atoms with Crippen molar-refractivity contribution in [1.29, 1.82) is 0 Å². The number of carbonyl (C=O) groups excluding carboxylic acids is 4. The highest BCUT2D eigenvalue weighted by Crippen LogP contribution is 2.10. The van der Waals surface area contributed by atoms with Crippen molar-refractivity contribution >= 4 is 37.1 Å². The second-order valence-electron chi connectivity index (χ2n) is 6.39. The second-order valence-corrected chi connectivity index (χ2v) is 6.39. The summed E-state index contributed by atoms with van der Waals surface area (Å²) in [5, 5.41) is 10.5. The molecule has 0 spiro atoms. The molecule has 150 valence electrons. The molecule has 0 bridgehead atoms. The van der Waals surface area contributed by atoms with E-state index in [4.69, 9.17) is 7.85 Å². The summed E-state index contributed by atoms with van der Waals surface area (Å²) in [5.74, 6) is -2.16.